The predicted octanol–water partition coefficient (Wildman–Crippen LogP) is 3.19. The Labute approximate surface area is 127 Å². The maximum Gasteiger partial charge on any atom is 0.239 e. The minimum absolute atomic E-state index is 0.0476. The van der Waals surface area contributed by atoms with Crippen LogP contribution in [-0.2, 0) is 11.3 Å². The van der Waals surface area contributed by atoms with E-state index in [1.54, 1.807) is 18.2 Å². The average molecular weight is 305 g/mol. The number of amides is 1. The van der Waals surface area contributed by atoms with Crippen molar-refractivity contribution in [1.29, 1.82) is 0 Å². The highest BCUT2D eigenvalue weighted by Crippen LogP contribution is 2.23. The summed E-state index contributed by atoms with van der Waals surface area (Å²) >= 11 is 1.36. The van der Waals surface area contributed by atoms with Crippen molar-refractivity contribution in [2.75, 3.05) is 5.75 Å². The topological polar surface area (TPSA) is 45.0 Å². The summed E-state index contributed by atoms with van der Waals surface area (Å²) in [4.78, 5) is 13.5. The van der Waals surface area contributed by atoms with Crippen molar-refractivity contribution < 1.29 is 9.18 Å². The van der Waals surface area contributed by atoms with Crippen LogP contribution in [0.1, 0.15) is 31.2 Å². The summed E-state index contributed by atoms with van der Waals surface area (Å²) in [6, 6.07) is 6.49. The molecule has 2 aliphatic rings. The van der Waals surface area contributed by atoms with Gasteiger partial charge in [0, 0.05) is 11.3 Å². The Balaban J connectivity index is 1.78. The molecule has 1 saturated carbocycles. The van der Waals surface area contributed by atoms with Crippen LogP contribution in [0.25, 0.3) is 0 Å². The van der Waals surface area contributed by atoms with Crippen LogP contribution < -0.4 is 0 Å². The van der Waals surface area contributed by atoms with Crippen LogP contribution in [0.2, 0.25) is 0 Å². The van der Waals surface area contributed by atoms with Crippen LogP contribution in [0.3, 0.4) is 0 Å². The summed E-state index contributed by atoms with van der Waals surface area (Å²) in [7, 11) is 0. The molecule has 0 atom stereocenters. The summed E-state index contributed by atoms with van der Waals surface area (Å²) < 4.78 is 13.7. The molecule has 1 aliphatic carbocycles. The number of thioether (sulfide) groups is 1. The van der Waals surface area contributed by atoms with E-state index >= 15 is 0 Å². The fourth-order valence-corrected chi connectivity index (χ4v) is 3.25. The van der Waals surface area contributed by atoms with Gasteiger partial charge >= 0.3 is 0 Å². The largest absolute Gasteiger partial charge is 0.285 e. The van der Waals surface area contributed by atoms with E-state index in [9.17, 15) is 9.18 Å². The minimum Gasteiger partial charge on any atom is -0.285 e. The maximum absolute atomic E-state index is 13.7. The van der Waals surface area contributed by atoms with Gasteiger partial charge in [-0.25, -0.2) is 4.39 Å². The molecule has 110 valence electrons. The highest BCUT2D eigenvalue weighted by Gasteiger charge is 2.29. The lowest BCUT2D eigenvalue weighted by Crippen LogP contribution is -2.29. The summed E-state index contributed by atoms with van der Waals surface area (Å²) in [5.41, 5.74) is 1.59. The van der Waals surface area contributed by atoms with E-state index in [2.05, 4.69) is 10.2 Å². The molecule has 1 aromatic rings. The molecule has 0 bridgehead atoms. The molecule has 1 aliphatic heterocycles. The van der Waals surface area contributed by atoms with Gasteiger partial charge in [-0.05, 0) is 31.7 Å². The number of carbonyl (C=O) groups is 1. The lowest BCUT2D eigenvalue weighted by Gasteiger charge is -2.15. The van der Waals surface area contributed by atoms with Gasteiger partial charge in [-0.2, -0.15) is 5.10 Å². The first-order valence-electron chi connectivity index (χ1n) is 7.04. The molecule has 0 unspecified atom stereocenters. The lowest BCUT2D eigenvalue weighted by molar-refractivity contribution is -0.124. The summed E-state index contributed by atoms with van der Waals surface area (Å²) in [6.07, 6.45) is 4.30. The van der Waals surface area contributed by atoms with Gasteiger partial charge in [-0.1, -0.05) is 30.0 Å². The Morgan fingerprint density at radius 1 is 1.19 bits per heavy atom. The molecule has 1 aromatic carbocycles. The Bertz CT molecular complexity index is 607. The molecule has 4 nitrogen and oxygen atoms in total. The van der Waals surface area contributed by atoms with Gasteiger partial charge < -0.3 is 0 Å². The predicted molar refractivity (Wildman–Crippen MR) is 82.7 cm³/mol. The first-order chi connectivity index (χ1) is 10.2. The molecular formula is C15H16FN3OS. The Morgan fingerprint density at radius 3 is 2.71 bits per heavy atom. The summed E-state index contributed by atoms with van der Waals surface area (Å²) in [5, 5.41) is 9.04. The number of carbonyl (C=O) groups excluding carboxylic acids is 1. The van der Waals surface area contributed by atoms with Crippen LogP contribution in [0.4, 0.5) is 4.39 Å². The molecule has 0 spiro atoms. The molecule has 0 radical (unpaired) electrons. The third-order valence-electron chi connectivity index (χ3n) is 3.60. The van der Waals surface area contributed by atoms with E-state index in [0.29, 0.717) is 16.5 Å². The van der Waals surface area contributed by atoms with Gasteiger partial charge in [0.1, 0.15) is 5.82 Å². The number of hydrogen-bond donors (Lipinski definition) is 0. The molecular weight excluding hydrogens is 289 g/mol. The molecule has 0 aromatic heterocycles. The van der Waals surface area contributed by atoms with Crippen molar-refractivity contribution in [1.82, 2.24) is 4.90 Å². The Morgan fingerprint density at radius 2 is 1.95 bits per heavy atom. The highest BCUT2D eigenvalue weighted by molar-refractivity contribution is 8.15. The second kappa shape index (κ2) is 6.39. The van der Waals surface area contributed by atoms with Gasteiger partial charge in [-0.15, -0.1) is 5.10 Å². The van der Waals surface area contributed by atoms with Crippen molar-refractivity contribution in [3.05, 3.63) is 35.6 Å². The average Bonchev–Trinajstić information content (AvgIpc) is 3.11. The van der Waals surface area contributed by atoms with Crippen molar-refractivity contribution in [3.63, 3.8) is 0 Å². The van der Waals surface area contributed by atoms with Crippen LogP contribution >= 0.6 is 11.8 Å². The van der Waals surface area contributed by atoms with E-state index in [-0.39, 0.29) is 18.3 Å². The van der Waals surface area contributed by atoms with E-state index in [0.717, 1.165) is 31.4 Å². The number of halogens is 1. The zero-order valence-corrected chi connectivity index (χ0v) is 12.4. The van der Waals surface area contributed by atoms with Gasteiger partial charge in [0.15, 0.2) is 5.17 Å². The van der Waals surface area contributed by atoms with Gasteiger partial charge in [0.25, 0.3) is 0 Å². The lowest BCUT2D eigenvalue weighted by atomic mass is 10.2. The molecule has 21 heavy (non-hydrogen) atoms. The first kappa shape index (κ1) is 14.3. The van der Waals surface area contributed by atoms with Gasteiger partial charge in [-0.3, -0.25) is 9.69 Å². The van der Waals surface area contributed by atoms with Crippen LogP contribution in [0.15, 0.2) is 34.5 Å². The van der Waals surface area contributed by atoms with Crippen LogP contribution in [0, 0.1) is 5.82 Å². The smallest absolute Gasteiger partial charge is 0.239 e. The molecule has 1 saturated heterocycles. The standard InChI is InChI=1S/C15H16FN3OS/c16-13-8-4-1-5-11(13)9-19-14(20)10-21-15(19)18-17-12-6-2-3-7-12/h1,4-5,8H,2-3,6-7,9-10H2/b18-15-. The van der Waals surface area contributed by atoms with E-state index in [1.807, 2.05) is 0 Å². The number of nitrogens with zero attached hydrogens (tertiary/aromatic N) is 3. The summed E-state index contributed by atoms with van der Waals surface area (Å²) in [5.74, 6) is -0.00436. The van der Waals surface area contributed by atoms with Crippen molar-refractivity contribution >= 4 is 28.5 Å². The van der Waals surface area contributed by atoms with E-state index in [1.165, 1.54) is 22.7 Å². The normalized spacial score (nSPS) is 20.6. The molecule has 1 amide bonds. The number of rotatable bonds is 3. The number of benzene rings is 1. The van der Waals surface area contributed by atoms with Crippen molar-refractivity contribution in [2.45, 2.75) is 32.2 Å². The Kier molecular flexibility index (Phi) is 4.34. The van der Waals surface area contributed by atoms with E-state index < -0.39 is 0 Å². The number of amidine groups is 1. The fraction of sp³-hybridized carbons (Fsp3) is 0.400. The minimum atomic E-state index is -0.302. The Hall–Kier alpha value is -1.69. The zero-order valence-electron chi connectivity index (χ0n) is 11.6. The third-order valence-corrected chi connectivity index (χ3v) is 4.55. The molecule has 0 N–H and O–H groups in total. The molecule has 2 fully saturated rings. The summed E-state index contributed by atoms with van der Waals surface area (Å²) in [6.45, 7) is 0.211. The maximum atomic E-state index is 13.7. The molecule has 6 heteroatoms. The SMILES string of the molecule is O=C1CS/C(=N\N=C2CCCC2)N1Cc1ccccc1F. The quantitative estimate of drug-likeness (QED) is 0.805. The highest BCUT2D eigenvalue weighted by atomic mass is 32.2. The second-order valence-electron chi connectivity index (χ2n) is 5.12. The second-order valence-corrected chi connectivity index (χ2v) is 6.06. The van der Waals surface area contributed by atoms with Crippen molar-refractivity contribution in [3.8, 4) is 0 Å². The molecule has 1 heterocycles. The third kappa shape index (κ3) is 3.32. The van der Waals surface area contributed by atoms with Crippen molar-refractivity contribution in [2.24, 2.45) is 10.2 Å². The van der Waals surface area contributed by atoms with E-state index in [4.69, 9.17) is 0 Å². The van der Waals surface area contributed by atoms with Gasteiger partial charge in [0.2, 0.25) is 5.91 Å². The first-order valence-corrected chi connectivity index (χ1v) is 8.02. The van der Waals surface area contributed by atoms with Crippen LogP contribution in [0.5, 0.6) is 0 Å². The number of hydrogen-bond acceptors (Lipinski definition) is 4. The molecule has 3 rings (SSSR count). The van der Waals surface area contributed by atoms with Crippen LogP contribution in [-0.4, -0.2) is 27.4 Å². The monoisotopic (exact) mass is 305 g/mol. The fourth-order valence-electron chi connectivity index (χ4n) is 2.42. The van der Waals surface area contributed by atoms with Gasteiger partial charge in [0.05, 0.1) is 12.3 Å². The zero-order chi connectivity index (χ0) is 14.7.